The van der Waals surface area contributed by atoms with Gasteiger partial charge in [-0.1, -0.05) is 6.92 Å². The minimum Gasteiger partial charge on any atom is -0.330 e. The van der Waals surface area contributed by atoms with Crippen LogP contribution in [0.15, 0.2) is 0 Å². The highest BCUT2D eigenvalue weighted by atomic mass is 19.1. The van der Waals surface area contributed by atoms with Crippen molar-refractivity contribution in [2.24, 2.45) is 17.6 Å². The maximum atomic E-state index is 12.0. The molecule has 1 rings (SSSR count). The highest BCUT2D eigenvalue weighted by Crippen LogP contribution is 2.21. The quantitative estimate of drug-likeness (QED) is 0.719. The van der Waals surface area contributed by atoms with Crippen molar-refractivity contribution in [2.45, 2.75) is 19.8 Å². The van der Waals surface area contributed by atoms with E-state index in [1.165, 1.54) is 6.42 Å². The fourth-order valence-corrected chi connectivity index (χ4v) is 2.02. The number of hydrogen-bond acceptors (Lipinski definition) is 2. The first-order valence-electron chi connectivity index (χ1n) is 5.26. The van der Waals surface area contributed by atoms with Gasteiger partial charge in [-0.25, -0.2) is 0 Å². The van der Waals surface area contributed by atoms with Crippen LogP contribution in [0, 0.1) is 11.8 Å². The van der Waals surface area contributed by atoms with Crippen LogP contribution in [0.5, 0.6) is 0 Å². The Hall–Kier alpha value is -0.150. The van der Waals surface area contributed by atoms with Gasteiger partial charge in [0, 0.05) is 13.1 Å². The molecule has 0 amide bonds. The van der Waals surface area contributed by atoms with Crippen LogP contribution in [0.25, 0.3) is 0 Å². The Morgan fingerprint density at radius 1 is 1.54 bits per heavy atom. The van der Waals surface area contributed by atoms with Crippen LogP contribution in [-0.4, -0.2) is 37.8 Å². The Morgan fingerprint density at radius 2 is 2.31 bits per heavy atom. The average Bonchev–Trinajstić information content (AvgIpc) is 2.16. The molecule has 1 aliphatic heterocycles. The third kappa shape index (κ3) is 3.24. The summed E-state index contributed by atoms with van der Waals surface area (Å²) in [6.45, 7) is 5.94. The Labute approximate surface area is 80.3 Å². The largest absolute Gasteiger partial charge is 0.330 e. The average molecular weight is 188 g/mol. The Balaban J connectivity index is 2.27. The highest BCUT2D eigenvalue weighted by Gasteiger charge is 2.24. The smallest absolute Gasteiger partial charge is 0.0906 e. The van der Waals surface area contributed by atoms with Gasteiger partial charge in [0.1, 0.15) is 0 Å². The van der Waals surface area contributed by atoms with Gasteiger partial charge in [-0.2, -0.15) is 0 Å². The maximum absolute atomic E-state index is 12.0. The first kappa shape index (κ1) is 10.9. The summed E-state index contributed by atoms with van der Waals surface area (Å²) in [7, 11) is 0. The Bertz CT molecular complexity index is 139. The van der Waals surface area contributed by atoms with Crippen LogP contribution in [0.4, 0.5) is 4.39 Å². The molecular weight excluding hydrogens is 167 g/mol. The molecule has 0 saturated carbocycles. The van der Waals surface area contributed by atoms with E-state index in [1.807, 2.05) is 0 Å². The lowest BCUT2D eigenvalue weighted by Crippen LogP contribution is -2.43. The number of nitrogens with zero attached hydrogens (tertiary/aromatic N) is 1. The molecule has 2 nitrogen and oxygen atoms in total. The van der Waals surface area contributed by atoms with Crippen molar-refractivity contribution in [2.75, 3.05) is 32.9 Å². The number of piperidine rings is 1. The van der Waals surface area contributed by atoms with Crippen LogP contribution in [0.2, 0.25) is 0 Å². The standard InChI is InChI=1S/C10H21FN2/c1-9-3-6-13(5-2-4-11)8-10(9)7-12/h9-10H,2-8,12H2,1H3. The predicted molar refractivity (Wildman–Crippen MR) is 53.4 cm³/mol. The van der Waals surface area contributed by atoms with Crippen molar-refractivity contribution < 1.29 is 4.39 Å². The lowest BCUT2D eigenvalue weighted by Gasteiger charge is -2.36. The number of rotatable bonds is 4. The summed E-state index contributed by atoms with van der Waals surface area (Å²) in [4.78, 5) is 2.34. The van der Waals surface area contributed by atoms with Gasteiger partial charge in [-0.05, 0) is 37.8 Å². The van der Waals surface area contributed by atoms with Gasteiger partial charge in [0.15, 0.2) is 0 Å². The Kier molecular flexibility index (Phi) is 4.67. The van der Waals surface area contributed by atoms with E-state index in [-0.39, 0.29) is 6.67 Å². The molecule has 2 atom stereocenters. The third-order valence-electron chi connectivity index (χ3n) is 3.11. The summed E-state index contributed by atoms with van der Waals surface area (Å²) >= 11 is 0. The third-order valence-corrected chi connectivity index (χ3v) is 3.11. The van der Waals surface area contributed by atoms with E-state index in [2.05, 4.69) is 11.8 Å². The van der Waals surface area contributed by atoms with Gasteiger partial charge in [-0.15, -0.1) is 0 Å². The lowest BCUT2D eigenvalue weighted by atomic mass is 9.87. The second-order valence-electron chi connectivity index (χ2n) is 4.10. The molecule has 0 aromatic rings. The molecule has 3 heteroatoms. The molecule has 1 heterocycles. The molecule has 1 saturated heterocycles. The van der Waals surface area contributed by atoms with Crippen LogP contribution in [0.1, 0.15) is 19.8 Å². The summed E-state index contributed by atoms with van der Waals surface area (Å²) in [6.07, 6.45) is 1.89. The summed E-state index contributed by atoms with van der Waals surface area (Å²) in [5.41, 5.74) is 5.68. The molecule has 13 heavy (non-hydrogen) atoms. The van der Waals surface area contributed by atoms with Gasteiger partial charge < -0.3 is 10.6 Å². The predicted octanol–water partition coefficient (Wildman–Crippen LogP) is 1.26. The van der Waals surface area contributed by atoms with Crippen molar-refractivity contribution in [3.63, 3.8) is 0 Å². The first-order chi connectivity index (χ1) is 6.27. The Morgan fingerprint density at radius 3 is 2.92 bits per heavy atom. The summed E-state index contributed by atoms with van der Waals surface area (Å²) in [6, 6.07) is 0. The minimum absolute atomic E-state index is 0.195. The fourth-order valence-electron chi connectivity index (χ4n) is 2.02. The van der Waals surface area contributed by atoms with E-state index >= 15 is 0 Å². The van der Waals surface area contributed by atoms with Crippen molar-refractivity contribution in [3.8, 4) is 0 Å². The van der Waals surface area contributed by atoms with Crippen molar-refractivity contribution >= 4 is 0 Å². The molecule has 1 aliphatic rings. The number of halogens is 1. The van der Waals surface area contributed by atoms with Gasteiger partial charge in [0.25, 0.3) is 0 Å². The first-order valence-corrected chi connectivity index (χ1v) is 5.26. The lowest BCUT2D eigenvalue weighted by molar-refractivity contribution is 0.129. The van der Waals surface area contributed by atoms with Gasteiger partial charge in [0.05, 0.1) is 6.67 Å². The summed E-state index contributed by atoms with van der Waals surface area (Å²) in [5, 5.41) is 0. The van der Waals surface area contributed by atoms with E-state index in [1.54, 1.807) is 0 Å². The second kappa shape index (κ2) is 5.55. The molecule has 0 bridgehead atoms. The molecule has 78 valence electrons. The molecule has 0 aromatic heterocycles. The number of nitrogens with two attached hydrogens (primary N) is 1. The normalized spacial score (nSPS) is 30.7. The zero-order valence-electron chi connectivity index (χ0n) is 8.51. The zero-order valence-corrected chi connectivity index (χ0v) is 8.51. The zero-order chi connectivity index (χ0) is 9.68. The summed E-state index contributed by atoms with van der Waals surface area (Å²) in [5.74, 6) is 1.36. The highest BCUT2D eigenvalue weighted by molar-refractivity contribution is 4.78. The van der Waals surface area contributed by atoms with Crippen molar-refractivity contribution in [3.05, 3.63) is 0 Å². The molecule has 2 N–H and O–H groups in total. The van der Waals surface area contributed by atoms with Crippen LogP contribution in [0.3, 0.4) is 0 Å². The number of likely N-dealkylation sites (tertiary alicyclic amines) is 1. The minimum atomic E-state index is -0.195. The van der Waals surface area contributed by atoms with E-state index in [4.69, 9.17) is 5.73 Å². The number of hydrogen-bond donors (Lipinski definition) is 1. The van der Waals surface area contributed by atoms with E-state index in [0.29, 0.717) is 12.3 Å². The van der Waals surface area contributed by atoms with E-state index in [9.17, 15) is 4.39 Å². The van der Waals surface area contributed by atoms with Crippen LogP contribution in [-0.2, 0) is 0 Å². The van der Waals surface area contributed by atoms with Crippen LogP contribution >= 0.6 is 0 Å². The molecule has 0 radical (unpaired) electrons. The second-order valence-corrected chi connectivity index (χ2v) is 4.10. The van der Waals surface area contributed by atoms with Gasteiger partial charge in [-0.3, -0.25) is 4.39 Å². The van der Waals surface area contributed by atoms with Crippen molar-refractivity contribution in [1.29, 1.82) is 0 Å². The molecule has 2 unspecified atom stereocenters. The van der Waals surface area contributed by atoms with Gasteiger partial charge >= 0.3 is 0 Å². The molecule has 0 spiro atoms. The van der Waals surface area contributed by atoms with E-state index < -0.39 is 0 Å². The molecule has 1 fully saturated rings. The fraction of sp³-hybridized carbons (Fsp3) is 1.00. The summed E-state index contributed by atoms with van der Waals surface area (Å²) < 4.78 is 12.0. The molecular formula is C10H21FN2. The topological polar surface area (TPSA) is 29.3 Å². The molecule has 0 aromatic carbocycles. The van der Waals surface area contributed by atoms with Crippen LogP contribution < -0.4 is 5.73 Å². The van der Waals surface area contributed by atoms with E-state index in [0.717, 1.165) is 32.1 Å². The molecule has 0 aliphatic carbocycles. The number of alkyl halides is 1. The monoisotopic (exact) mass is 188 g/mol. The maximum Gasteiger partial charge on any atom is 0.0906 e. The van der Waals surface area contributed by atoms with Gasteiger partial charge in [0.2, 0.25) is 0 Å². The SMILES string of the molecule is CC1CCN(CCCF)CC1CN. The van der Waals surface area contributed by atoms with Crippen molar-refractivity contribution in [1.82, 2.24) is 4.90 Å².